The number of urea groups is 1. The number of nitrogens with zero attached hydrogens (tertiary/aromatic N) is 3. The molecule has 1 saturated heterocycles. The molecular weight excluding hydrogens is 338 g/mol. The third-order valence-electron chi connectivity index (χ3n) is 4.90. The minimum absolute atomic E-state index is 0.0114. The molecule has 2 aromatic rings. The van der Waals surface area contributed by atoms with E-state index in [0.29, 0.717) is 32.7 Å². The average molecular weight is 365 g/mol. The van der Waals surface area contributed by atoms with Crippen molar-refractivity contribution in [1.82, 2.24) is 14.7 Å². The van der Waals surface area contributed by atoms with Crippen molar-refractivity contribution in [2.45, 2.75) is 20.4 Å². The standard InChI is InChI=1S/C22H27N3O2/c1-17-13-18(2)15-20(14-17)21(26)24-9-11-25(12-10-24)22(27)23(3)16-19-7-5-4-6-8-19/h4-8,13-15H,9-12,16H2,1-3H3. The van der Waals surface area contributed by atoms with Gasteiger partial charge in [0.25, 0.3) is 5.91 Å². The zero-order valence-corrected chi connectivity index (χ0v) is 16.3. The Hall–Kier alpha value is -2.82. The Kier molecular flexibility index (Phi) is 5.79. The Morgan fingerprint density at radius 3 is 2.04 bits per heavy atom. The van der Waals surface area contributed by atoms with Crippen LogP contribution in [0.2, 0.25) is 0 Å². The first-order valence-corrected chi connectivity index (χ1v) is 9.35. The Labute approximate surface area is 161 Å². The second-order valence-electron chi connectivity index (χ2n) is 7.28. The van der Waals surface area contributed by atoms with Gasteiger partial charge in [0.1, 0.15) is 0 Å². The third kappa shape index (κ3) is 4.67. The van der Waals surface area contributed by atoms with Crippen molar-refractivity contribution in [3.63, 3.8) is 0 Å². The van der Waals surface area contributed by atoms with Crippen molar-refractivity contribution in [3.05, 3.63) is 70.8 Å². The van der Waals surface area contributed by atoms with Gasteiger partial charge >= 0.3 is 6.03 Å². The lowest BCUT2D eigenvalue weighted by molar-refractivity contribution is 0.0643. The number of hydrogen-bond donors (Lipinski definition) is 0. The lowest BCUT2D eigenvalue weighted by Crippen LogP contribution is -2.53. The molecule has 0 bridgehead atoms. The summed E-state index contributed by atoms with van der Waals surface area (Å²) in [5.41, 5.74) is 4.02. The van der Waals surface area contributed by atoms with Gasteiger partial charge in [-0.05, 0) is 31.5 Å². The molecule has 3 amide bonds. The highest BCUT2D eigenvalue weighted by Crippen LogP contribution is 2.14. The summed E-state index contributed by atoms with van der Waals surface area (Å²) in [6, 6.07) is 15.9. The molecule has 0 atom stereocenters. The Morgan fingerprint density at radius 2 is 1.44 bits per heavy atom. The lowest BCUT2D eigenvalue weighted by atomic mass is 10.1. The topological polar surface area (TPSA) is 43.9 Å². The molecule has 142 valence electrons. The number of carbonyl (C=O) groups excluding carboxylic acids is 2. The highest BCUT2D eigenvalue weighted by molar-refractivity contribution is 5.94. The monoisotopic (exact) mass is 365 g/mol. The van der Waals surface area contributed by atoms with E-state index in [-0.39, 0.29) is 11.9 Å². The zero-order valence-electron chi connectivity index (χ0n) is 16.3. The van der Waals surface area contributed by atoms with Crippen LogP contribution in [0.1, 0.15) is 27.0 Å². The normalized spacial score (nSPS) is 14.2. The van der Waals surface area contributed by atoms with Gasteiger partial charge in [0.15, 0.2) is 0 Å². The van der Waals surface area contributed by atoms with Crippen molar-refractivity contribution >= 4 is 11.9 Å². The van der Waals surface area contributed by atoms with Crippen LogP contribution in [-0.2, 0) is 6.54 Å². The lowest BCUT2D eigenvalue weighted by Gasteiger charge is -2.36. The summed E-state index contributed by atoms with van der Waals surface area (Å²) in [5, 5.41) is 0. The molecule has 0 aliphatic carbocycles. The first-order chi connectivity index (χ1) is 12.9. The summed E-state index contributed by atoms with van der Waals surface area (Å²) in [6.07, 6.45) is 0. The van der Waals surface area contributed by atoms with Gasteiger partial charge in [-0.2, -0.15) is 0 Å². The predicted molar refractivity (Wildman–Crippen MR) is 107 cm³/mol. The number of hydrogen-bond acceptors (Lipinski definition) is 2. The van der Waals surface area contributed by atoms with Crippen molar-refractivity contribution < 1.29 is 9.59 Å². The van der Waals surface area contributed by atoms with Gasteiger partial charge in [-0.25, -0.2) is 4.79 Å². The fourth-order valence-electron chi connectivity index (χ4n) is 3.55. The van der Waals surface area contributed by atoms with Crippen LogP contribution >= 0.6 is 0 Å². The van der Waals surface area contributed by atoms with E-state index in [2.05, 4.69) is 6.07 Å². The average Bonchev–Trinajstić information content (AvgIpc) is 2.67. The molecule has 0 spiro atoms. The Bertz CT molecular complexity index is 791. The van der Waals surface area contributed by atoms with Crippen molar-refractivity contribution in [2.75, 3.05) is 33.2 Å². The van der Waals surface area contributed by atoms with Crippen molar-refractivity contribution in [2.24, 2.45) is 0 Å². The third-order valence-corrected chi connectivity index (χ3v) is 4.90. The SMILES string of the molecule is Cc1cc(C)cc(C(=O)N2CCN(C(=O)N(C)Cc3ccccc3)CC2)c1. The summed E-state index contributed by atoms with van der Waals surface area (Å²) < 4.78 is 0. The van der Waals surface area contributed by atoms with E-state index in [9.17, 15) is 9.59 Å². The fourth-order valence-corrected chi connectivity index (χ4v) is 3.55. The fraction of sp³-hybridized carbons (Fsp3) is 0.364. The maximum atomic E-state index is 12.8. The van der Waals surface area contributed by atoms with E-state index in [0.717, 1.165) is 22.3 Å². The molecule has 1 aliphatic rings. The maximum Gasteiger partial charge on any atom is 0.320 e. The summed E-state index contributed by atoms with van der Waals surface area (Å²) in [7, 11) is 1.82. The number of benzene rings is 2. The van der Waals surface area contributed by atoms with Crippen LogP contribution in [-0.4, -0.2) is 59.9 Å². The first kappa shape index (κ1) is 19.0. The highest BCUT2D eigenvalue weighted by atomic mass is 16.2. The molecule has 0 saturated carbocycles. The number of amides is 3. The Balaban J connectivity index is 1.56. The van der Waals surface area contributed by atoms with E-state index in [4.69, 9.17) is 0 Å². The second-order valence-corrected chi connectivity index (χ2v) is 7.28. The molecular formula is C22H27N3O2. The van der Waals surface area contributed by atoms with Crippen LogP contribution in [0.3, 0.4) is 0 Å². The summed E-state index contributed by atoms with van der Waals surface area (Å²) in [5.74, 6) is 0.0477. The van der Waals surface area contributed by atoms with Crippen LogP contribution < -0.4 is 0 Å². The highest BCUT2D eigenvalue weighted by Gasteiger charge is 2.26. The quantitative estimate of drug-likeness (QED) is 0.838. The molecule has 0 N–H and O–H groups in total. The smallest absolute Gasteiger partial charge is 0.320 e. The summed E-state index contributed by atoms with van der Waals surface area (Å²) >= 11 is 0. The van der Waals surface area contributed by atoms with Crippen molar-refractivity contribution in [3.8, 4) is 0 Å². The molecule has 5 heteroatoms. The molecule has 27 heavy (non-hydrogen) atoms. The van der Waals surface area contributed by atoms with Gasteiger partial charge in [0.2, 0.25) is 0 Å². The molecule has 1 heterocycles. The first-order valence-electron chi connectivity index (χ1n) is 9.35. The minimum atomic E-state index is 0.0114. The van der Waals surface area contributed by atoms with Gasteiger partial charge in [-0.1, -0.05) is 47.5 Å². The van der Waals surface area contributed by atoms with E-state index in [1.807, 2.05) is 73.2 Å². The van der Waals surface area contributed by atoms with E-state index in [1.165, 1.54) is 0 Å². The van der Waals surface area contributed by atoms with Crippen molar-refractivity contribution in [1.29, 1.82) is 0 Å². The number of rotatable bonds is 3. The molecule has 1 aliphatic heterocycles. The second kappa shape index (κ2) is 8.25. The zero-order chi connectivity index (χ0) is 19.4. The number of carbonyl (C=O) groups is 2. The van der Waals surface area contributed by atoms with Gasteiger partial charge in [0, 0.05) is 45.3 Å². The van der Waals surface area contributed by atoms with Gasteiger partial charge < -0.3 is 14.7 Å². The molecule has 1 fully saturated rings. The van der Waals surface area contributed by atoms with Crippen LogP contribution in [0.4, 0.5) is 4.79 Å². The number of piperazine rings is 1. The van der Waals surface area contributed by atoms with E-state index >= 15 is 0 Å². The molecule has 0 aromatic heterocycles. The Morgan fingerprint density at radius 1 is 0.889 bits per heavy atom. The molecule has 2 aromatic carbocycles. The molecule has 5 nitrogen and oxygen atoms in total. The minimum Gasteiger partial charge on any atom is -0.335 e. The van der Waals surface area contributed by atoms with Crippen LogP contribution in [0.5, 0.6) is 0 Å². The molecule has 3 rings (SSSR count). The van der Waals surface area contributed by atoms with Crippen LogP contribution in [0, 0.1) is 13.8 Å². The maximum absolute atomic E-state index is 12.8. The van der Waals surface area contributed by atoms with Crippen LogP contribution in [0.15, 0.2) is 48.5 Å². The predicted octanol–water partition coefficient (Wildman–Crippen LogP) is 3.31. The van der Waals surface area contributed by atoms with Gasteiger partial charge in [-0.15, -0.1) is 0 Å². The number of aryl methyl sites for hydroxylation is 2. The molecule has 0 unspecified atom stereocenters. The summed E-state index contributed by atoms with van der Waals surface area (Å²) in [6.45, 7) is 6.85. The van der Waals surface area contributed by atoms with Crippen LogP contribution in [0.25, 0.3) is 0 Å². The van der Waals surface area contributed by atoms with Gasteiger partial charge in [-0.3, -0.25) is 4.79 Å². The van der Waals surface area contributed by atoms with E-state index in [1.54, 1.807) is 4.90 Å². The van der Waals surface area contributed by atoms with E-state index < -0.39 is 0 Å². The van der Waals surface area contributed by atoms with Gasteiger partial charge in [0.05, 0.1) is 0 Å². The summed E-state index contributed by atoms with van der Waals surface area (Å²) in [4.78, 5) is 30.9. The largest absolute Gasteiger partial charge is 0.335 e. The molecule has 0 radical (unpaired) electrons.